The van der Waals surface area contributed by atoms with Gasteiger partial charge in [-0.05, 0) is 43.2 Å². The Morgan fingerprint density at radius 3 is 2.62 bits per heavy atom. The SMILES string of the molecule is Cc1cc(Cl)ccc1OCC(=O)Nc1sc(C(=O)N(C)C)c(C)c1C#N. The normalized spacial score (nSPS) is 10.2. The van der Waals surface area contributed by atoms with E-state index in [1.165, 1.54) is 4.90 Å². The van der Waals surface area contributed by atoms with Crippen LogP contribution in [0.3, 0.4) is 0 Å². The second-order valence-corrected chi connectivity index (χ2v) is 7.28. The molecule has 0 saturated carbocycles. The van der Waals surface area contributed by atoms with Crippen molar-refractivity contribution in [2.45, 2.75) is 13.8 Å². The van der Waals surface area contributed by atoms with Crippen LogP contribution in [0.4, 0.5) is 5.00 Å². The van der Waals surface area contributed by atoms with E-state index < -0.39 is 5.91 Å². The maximum absolute atomic E-state index is 12.2. The van der Waals surface area contributed by atoms with Crippen molar-refractivity contribution in [1.82, 2.24) is 4.90 Å². The fraction of sp³-hybridized carbons (Fsp3) is 0.278. The highest BCUT2D eigenvalue weighted by atomic mass is 35.5. The van der Waals surface area contributed by atoms with E-state index in [0.29, 0.717) is 26.2 Å². The molecular formula is C18H18ClN3O3S. The van der Waals surface area contributed by atoms with Crippen LogP contribution >= 0.6 is 22.9 Å². The van der Waals surface area contributed by atoms with Crippen molar-refractivity contribution < 1.29 is 14.3 Å². The minimum Gasteiger partial charge on any atom is -0.483 e. The summed E-state index contributed by atoms with van der Waals surface area (Å²) < 4.78 is 5.50. The standard InChI is InChI=1S/C18H18ClN3O3S/c1-10-7-12(19)5-6-14(10)25-9-15(23)21-17-13(8-20)11(2)16(26-17)18(24)22(3)4/h5-7H,9H2,1-4H3,(H,21,23). The summed E-state index contributed by atoms with van der Waals surface area (Å²) in [6.45, 7) is 3.30. The largest absolute Gasteiger partial charge is 0.483 e. The molecule has 1 aromatic heterocycles. The molecule has 2 amide bonds. The van der Waals surface area contributed by atoms with Crippen molar-refractivity contribution in [1.29, 1.82) is 5.26 Å². The zero-order valence-electron chi connectivity index (χ0n) is 14.8. The number of hydrogen-bond donors (Lipinski definition) is 1. The summed E-state index contributed by atoms with van der Waals surface area (Å²) >= 11 is 6.97. The number of thiophene rings is 1. The number of anilines is 1. The van der Waals surface area contributed by atoms with Gasteiger partial charge in [-0.1, -0.05) is 11.6 Å². The van der Waals surface area contributed by atoms with E-state index in [1.54, 1.807) is 39.2 Å². The second-order valence-electron chi connectivity index (χ2n) is 5.82. The van der Waals surface area contributed by atoms with Crippen LogP contribution in [0, 0.1) is 25.2 Å². The number of hydrogen-bond acceptors (Lipinski definition) is 5. The molecule has 8 heteroatoms. The molecule has 0 spiro atoms. The first-order valence-electron chi connectivity index (χ1n) is 7.68. The Bertz CT molecular complexity index is 900. The summed E-state index contributed by atoms with van der Waals surface area (Å²) in [5, 5.41) is 12.9. The molecule has 136 valence electrons. The van der Waals surface area contributed by atoms with Crippen molar-refractivity contribution in [3.05, 3.63) is 44.8 Å². The molecule has 0 fully saturated rings. The van der Waals surface area contributed by atoms with Crippen molar-refractivity contribution in [2.75, 3.05) is 26.0 Å². The average molecular weight is 392 g/mol. The summed E-state index contributed by atoms with van der Waals surface area (Å²) in [6.07, 6.45) is 0. The lowest BCUT2D eigenvalue weighted by Gasteiger charge is -2.09. The number of carbonyl (C=O) groups is 2. The van der Waals surface area contributed by atoms with E-state index >= 15 is 0 Å². The second kappa shape index (κ2) is 8.21. The molecule has 26 heavy (non-hydrogen) atoms. The quantitative estimate of drug-likeness (QED) is 0.843. The molecule has 0 saturated heterocycles. The van der Waals surface area contributed by atoms with Gasteiger partial charge in [0.25, 0.3) is 11.8 Å². The van der Waals surface area contributed by atoms with Gasteiger partial charge in [-0.25, -0.2) is 0 Å². The minimum absolute atomic E-state index is 0.211. The number of nitriles is 1. The van der Waals surface area contributed by atoms with Gasteiger partial charge in [-0.2, -0.15) is 5.26 Å². The van der Waals surface area contributed by atoms with E-state index in [1.807, 2.05) is 13.0 Å². The van der Waals surface area contributed by atoms with Gasteiger partial charge < -0.3 is 15.0 Å². The van der Waals surface area contributed by atoms with E-state index in [-0.39, 0.29) is 18.1 Å². The number of nitrogens with one attached hydrogen (secondary N) is 1. The van der Waals surface area contributed by atoms with Crippen molar-refractivity contribution >= 4 is 39.8 Å². The molecular weight excluding hydrogens is 374 g/mol. The Balaban J connectivity index is 2.12. The first kappa shape index (κ1) is 19.8. The van der Waals surface area contributed by atoms with Gasteiger partial charge in [-0.15, -0.1) is 11.3 Å². The molecule has 0 aliphatic carbocycles. The van der Waals surface area contributed by atoms with E-state index in [9.17, 15) is 14.9 Å². The fourth-order valence-corrected chi connectivity index (χ4v) is 3.65. The first-order chi connectivity index (χ1) is 12.2. The first-order valence-corrected chi connectivity index (χ1v) is 8.88. The zero-order chi connectivity index (χ0) is 19.4. The number of aryl methyl sites for hydroxylation is 1. The lowest BCUT2D eigenvalue weighted by Crippen LogP contribution is -2.21. The van der Waals surface area contributed by atoms with Crippen LogP contribution in [-0.2, 0) is 4.79 Å². The van der Waals surface area contributed by atoms with Gasteiger partial charge in [-0.3, -0.25) is 9.59 Å². The molecule has 2 aromatic rings. The molecule has 1 aromatic carbocycles. The molecule has 0 bridgehead atoms. The third-order valence-corrected chi connectivity index (χ3v) is 5.04. The van der Waals surface area contributed by atoms with Crippen LogP contribution in [0.1, 0.15) is 26.4 Å². The Labute approximate surface area is 160 Å². The minimum atomic E-state index is -0.416. The molecule has 0 radical (unpaired) electrons. The molecule has 0 aliphatic heterocycles. The third-order valence-electron chi connectivity index (χ3n) is 3.61. The number of carbonyl (C=O) groups excluding carboxylic acids is 2. The molecule has 1 N–H and O–H groups in total. The maximum Gasteiger partial charge on any atom is 0.263 e. The average Bonchev–Trinajstić information content (AvgIpc) is 2.88. The number of halogens is 1. The lowest BCUT2D eigenvalue weighted by atomic mass is 10.1. The Kier molecular flexibility index (Phi) is 6.24. The van der Waals surface area contributed by atoms with Crippen LogP contribution in [0.15, 0.2) is 18.2 Å². The lowest BCUT2D eigenvalue weighted by molar-refractivity contribution is -0.118. The molecule has 6 nitrogen and oxygen atoms in total. The van der Waals surface area contributed by atoms with Crippen LogP contribution in [0.2, 0.25) is 5.02 Å². The number of amides is 2. The van der Waals surface area contributed by atoms with Crippen LogP contribution in [0.5, 0.6) is 5.75 Å². The topological polar surface area (TPSA) is 82.4 Å². The highest BCUT2D eigenvalue weighted by Gasteiger charge is 2.22. The summed E-state index contributed by atoms with van der Waals surface area (Å²) in [6, 6.07) is 7.15. The number of nitrogens with zero attached hydrogens (tertiary/aromatic N) is 2. The number of rotatable bonds is 5. The van der Waals surface area contributed by atoms with Crippen LogP contribution in [-0.4, -0.2) is 37.4 Å². The highest BCUT2D eigenvalue weighted by molar-refractivity contribution is 7.18. The van der Waals surface area contributed by atoms with Gasteiger partial charge in [0, 0.05) is 19.1 Å². The molecule has 0 atom stereocenters. The number of benzene rings is 1. The summed E-state index contributed by atoms with van der Waals surface area (Å²) in [7, 11) is 3.27. The van der Waals surface area contributed by atoms with Gasteiger partial charge >= 0.3 is 0 Å². The maximum atomic E-state index is 12.2. The van der Waals surface area contributed by atoms with Gasteiger partial charge in [0.05, 0.1) is 10.4 Å². The Morgan fingerprint density at radius 2 is 2.04 bits per heavy atom. The summed E-state index contributed by atoms with van der Waals surface area (Å²) in [5.41, 5.74) is 1.66. The van der Waals surface area contributed by atoms with Gasteiger partial charge in [0.15, 0.2) is 6.61 Å². The van der Waals surface area contributed by atoms with Crippen LogP contribution < -0.4 is 10.1 Å². The fourth-order valence-electron chi connectivity index (χ4n) is 2.22. The van der Waals surface area contributed by atoms with E-state index in [0.717, 1.165) is 16.9 Å². The molecule has 0 aliphatic rings. The van der Waals surface area contributed by atoms with E-state index in [4.69, 9.17) is 16.3 Å². The smallest absolute Gasteiger partial charge is 0.263 e. The van der Waals surface area contributed by atoms with Crippen LogP contribution in [0.25, 0.3) is 0 Å². The van der Waals surface area contributed by atoms with Gasteiger partial charge in [0.1, 0.15) is 16.8 Å². The van der Waals surface area contributed by atoms with Crippen molar-refractivity contribution in [3.8, 4) is 11.8 Å². The van der Waals surface area contributed by atoms with Gasteiger partial charge in [0.2, 0.25) is 0 Å². The Hall–Kier alpha value is -2.56. The molecule has 1 heterocycles. The van der Waals surface area contributed by atoms with E-state index in [2.05, 4.69) is 5.32 Å². The zero-order valence-corrected chi connectivity index (χ0v) is 16.4. The van der Waals surface area contributed by atoms with Crippen molar-refractivity contribution in [2.24, 2.45) is 0 Å². The van der Waals surface area contributed by atoms with Crippen molar-refractivity contribution in [3.63, 3.8) is 0 Å². The number of ether oxygens (including phenoxy) is 1. The highest BCUT2D eigenvalue weighted by Crippen LogP contribution is 2.33. The molecule has 0 unspecified atom stereocenters. The predicted molar refractivity (Wildman–Crippen MR) is 102 cm³/mol. The molecule has 2 rings (SSSR count). The Morgan fingerprint density at radius 1 is 1.35 bits per heavy atom. The summed E-state index contributed by atoms with van der Waals surface area (Å²) in [4.78, 5) is 26.2. The third kappa shape index (κ3) is 4.34. The summed E-state index contributed by atoms with van der Waals surface area (Å²) in [5.74, 6) is -0.0746. The predicted octanol–water partition coefficient (Wildman–Crippen LogP) is 3.61. The monoisotopic (exact) mass is 391 g/mol.